The summed E-state index contributed by atoms with van der Waals surface area (Å²) in [6.45, 7) is 5.69. The van der Waals surface area contributed by atoms with Crippen molar-refractivity contribution >= 4 is 51.3 Å². The van der Waals surface area contributed by atoms with Gasteiger partial charge in [-0.2, -0.15) is 10.2 Å². The van der Waals surface area contributed by atoms with Gasteiger partial charge < -0.3 is 0 Å². The molecule has 0 bridgehead atoms. The van der Waals surface area contributed by atoms with E-state index in [0.717, 1.165) is 28.2 Å². The lowest BCUT2D eigenvalue weighted by atomic mass is 10.00. The number of halogens is 1. The van der Waals surface area contributed by atoms with Crippen LogP contribution in [-0.4, -0.2) is 21.5 Å². The number of aryl methyl sites for hydroxylation is 2. The van der Waals surface area contributed by atoms with E-state index >= 15 is 0 Å². The SMILES string of the molecule is CC(=O)C1=NN(c2cccc(Cl)c2)[C@]2(C=CC(c3cc(C)ccc3C)=NN2c2ccccc2)S1. The van der Waals surface area contributed by atoms with Crippen LogP contribution in [0.1, 0.15) is 23.6 Å². The Hall–Kier alpha value is -3.35. The number of ketones is 1. The number of carbonyl (C=O) groups excluding carboxylic acids is 1. The third kappa shape index (κ3) is 3.93. The molecule has 34 heavy (non-hydrogen) atoms. The number of carbonyl (C=O) groups is 1. The summed E-state index contributed by atoms with van der Waals surface area (Å²) in [6.07, 6.45) is 4.08. The molecule has 2 heterocycles. The maximum Gasteiger partial charge on any atom is 0.227 e. The molecular formula is C27H23ClN4OS. The Labute approximate surface area is 208 Å². The fraction of sp³-hybridized carbons (Fsp3) is 0.148. The molecule has 5 nitrogen and oxygen atoms in total. The van der Waals surface area contributed by atoms with Gasteiger partial charge in [0.15, 0.2) is 10.8 Å². The number of benzene rings is 3. The van der Waals surface area contributed by atoms with Crippen LogP contribution in [-0.2, 0) is 4.79 Å². The maximum absolute atomic E-state index is 12.4. The maximum atomic E-state index is 12.4. The molecule has 0 saturated heterocycles. The van der Waals surface area contributed by atoms with Crippen LogP contribution < -0.4 is 10.0 Å². The van der Waals surface area contributed by atoms with Gasteiger partial charge in [-0.25, -0.2) is 10.0 Å². The van der Waals surface area contributed by atoms with E-state index in [4.69, 9.17) is 21.8 Å². The molecule has 0 amide bonds. The van der Waals surface area contributed by atoms with E-state index in [-0.39, 0.29) is 5.78 Å². The fourth-order valence-electron chi connectivity index (χ4n) is 4.04. The summed E-state index contributed by atoms with van der Waals surface area (Å²) in [6, 6.07) is 23.8. The summed E-state index contributed by atoms with van der Waals surface area (Å²) in [4.78, 5) is 11.5. The van der Waals surface area contributed by atoms with Crippen molar-refractivity contribution in [3.05, 3.63) is 107 Å². The van der Waals surface area contributed by atoms with Crippen molar-refractivity contribution < 1.29 is 4.79 Å². The van der Waals surface area contributed by atoms with Crippen LogP contribution >= 0.6 is 23.4 Å². The number of nitrogens with zero attached hydrogens (tertiary/aromatic N) is 4. The van der Waals surface area contributed by atoms with Gasteiger partial charge in [0.05, 0.1) is 17.1 Å². The summed E-state index contributed by atoms with van der Waals surface area (Å²) in [5, 5.41) is 14.6. The Balaban J connectivity index is 1.70. The summed E-state index contributed by atoms with van der Waals surface area (Å²) < 4.78 is 0. The molecule has 3 aromatic carbocycles. The van der Waals surface area contributed by atoms with Gasteiger partial charge in [-0.1, -0.05) is 53.6 Å². The minimum absolute atomic E-state index is 0.0976. The lowest BCUT2D eigenvalue weighted by Crippen LogP contribution is -2.53. The molecule has 0 N–H and O–H groups in total. The first kappa shape index (κ1) is 22.4. The smallest absolute Gasteiger partial charge is 0.227 e. The molecule has 3 aromatic rings. The second-order valence-electron chi connectivity index (χ2n) is 8.30. The molecule has 0 saturated carbocycles. The van der Waals surface area contributed by atoms with Crippen LogP contribution in [0.15, 0.2) is 95.2 Å². The van der Waals surface area contributed by atoms with Crippen LogP contribution in [0.3, 0.4) is 0 Å². The molecule has 0 aliphatic carbocycles. The number of hydrogen-bond donors (Lipinski definition) is 0. The highest BCUT2D eigenvalue weighted by Gasteiger charge is 2.51. The fourth-order valence-corrected chi connectivity index (χ4v) is 5.37. The van der Waals surface area contributed by atoms with Gasteiger partial charge in [0.25, 0.3) is 0 Å². The van der Waals surface area contributed by atoms with Gasteiger partial charge in [0.1, 0.15) is 0 Å². The molecule has 1 atom stereocenters. The standard InChI is InChI=1S/C27H23ClN4OS/c1-18-12-13-19(2)24(16-18)25-14-15-27(31(29-25)22-9-5-4-6-10-22)32(30-26(34-27)20(3)33)23-11-7-8-21(28)17-23/h4-17H,1-3H3/t27-/m1/s1. The van der Waals surface area contributed by atoms with Gasteiger partial charge in [-0.15, -0.1) is 0 Å². The van der Waals surface area contributed by atoms with Crippen molar-refractivity contribution in [3.8, 4) is 0 Å². The van der Waals surface area contributed by atoms with Crippen molar-refractivity contribution in [3.63, 3.8) is 0 Å². The van der Waals surface area contributed by atoms with Gasteiger partial charge in [0, 0.05) is 17.5 Å². The van der Waals surface area contributed by atoms with Crippen molar-refractivity contribution in [1.82, 2.24) is 0 Å². The van der Waals surface area contributed by atoms with Crippen molar-refractivity contribution in [1.29, 1.82) is 0 Å². The molecule has 1 spiro atoms. The predicted molar refractivity (Wildman–Crippen MR) is 143 cm³/mol. The van der Waals surface area contributed by atoms with E-state index in [1.54, 1.807) is 0 Å². The Morgan fingerprint density at radius 1 is 0.912 bits per heavy atom. The number of hydrazone groups is 2. The van der Waals surface area contributed by atoms with Crippen LogP contribution in [0.5, 0.6) is 0 Å². The molecule has 0 radical (unpaired) electrons. The molecule has 2 aliphatic rings. The first-order chi connectivity index (χ1) is 16.4. The largest absolute Gasteiger partial charge is 0.292 e. The number of anilines is 2. The first-order valence-electron chi connectivity index (χ1n) is 10.9. The van der Waals surface area contributed by atoms with Crippen LogP contribution in [0, 0.1) is 13.8 Å². The van der Waals surface area contributed by atoms with Crippen LogP contribution in [0.2, 0.25) is 5.02 Å². The minimum Gasteiger partial charge on any atom is -0.292 e. The van der Waals surface area contributed by atoms with Gasteiger partial charge in [0.2, 0.25) is 4.99 Å². The van der Waals surface area contributed by atoms with E-state index in [1.165, 1.54) is 24.2 Å². The zero-order valence-electron chi connectivity index (χ0n) is 19.1. The summed E-state index contributed by atoms with van der Waals surface area (Å²) in [5.74, 6) is -0.0976. The molecule has 170 valence electrons. The normalized spacial score (nSPS) is 19.4. The Morgan fingerprint density at radius 3 is 2.38 bits per heavy atom. The van der Waals surface area contributed by atoms with E-state index in [0.29, 0.717) is 10.1 Å². The molecule has 0 aromatic heterocycles. The Kier molecular flexibility index (Phi) is 5.80. The lowest BCUT2D eigenvalue weighted by molar-refractivity contribution is -0.110. The number of Topliss-reactive ketones (excluding diaryl/α,β-unsaturated/α-hetero) is 1. The van der Waals surface area contributed by atoms with E-state index in [2.05, 4.69) is 38.1 Å². The second-order valence-corrected chi connectivity index (χ2v) is 9.93. The summed E-state index contributed by atoms with van der Waals surface area (Å²) >= 11 is 7.70. The molecular weight excluding hydrogens is 464 g/mol. The molecule has 5 rings (SSSR count). The highest BCUT2D eigenvalue weighted by atomic mass is 35.5. The Morgan fingerprint density at radius 2 is 1.65 bits per heavy atom. The monoisotopic (exact) mass is 486 g/mol. The highest BCUT2D eigenvalue weighted by molar-refractivity contribution is 8.17. The zero-order chi connectivity index (χ0) is 23.9. The van der Waals surface area contributed by atoms with E-state index in [1.807, 2.05) is 70.7 Å². The first-order valence-corrected chi connectivity index (χ1v) is 12.1. The van der Waals surface area contributed by atoms with Crippen LogP contribution in [0.25, 0.3) is 0 Å². The van der Waals surface area contributed by atoms with Gasteiger partial charge >= 0.3 is 0 Å². The topological polar surface area (TPSA) is 48.3 Å². The quantitative estimate of drug-likeness (QED) is 0.419. The third-order valence-electron chi connectivity index (χ3n) is 5.73. The zero-order valence-corrected chi connectivity index (χ0v) is 20.6. The number of allylic oxidation sites excluding steroid dienone is 1. The molecule has 0 unspecified atom stereocenters. The molecule has 7 heteroatoms. The molecule has 2 aliphatic heterocycles. The number of rotatable bonds is 4. The number of thioether (sulfide) groups is 1. The van der Waals surface area contributed by atoms with Crippen molar-refractivity contribution in [2.75, 3.05) is 10.0 Å². The van der Waals surface area contributed by atoms with Crippen LogP contribution in [0.4, 0.5) is 11.4 Å². The summed E-state index contributed by atoms with van der Waals surface area (Å²) in [7, 11) is 0. The second kappa shape index (κ2) is 8.78. The lowest BCUT2D eigenvalue weighted by Gasteiger charge is -2.43. The number of hydrogen-bond acceptors (Lipinski definition) is 6. The van der Waals surface area contributed by atoms with E-state index in [9.17, 15) is 4.79 Å². The van der Waals surface area contributed by atoms with Gasteiger partial charge in [-0.05, 0) is 79.7 Å². The minimum atomic E-state index is -0.908. The predicted octanol–water partition coefficient (Wildman–Crippen LogP) is 6.55. The molecule has 0 fully saturated rings. The summed E-state index contributed by atoms with van der Waals surface area (Å²) in [5.41, 5.74) is 5.88. The number of para-hydroxylation sites is 1. The average Bonchev–Trinajstić information content (AvgIpc) is 3.22. The van der Waals surface area contributed by atoms with Gasteiger partial charge in [-0.3, -0.25) is 4.79 Å². The Bertz CT molecular complexity index is 1370. The average molecular weight is 487 g/mol. The third-order valence-corrected chi connectivity index (χ3v) is 7.31. The van der Waals surface area contributed by atoms with Crippen molar-refractivity contribution in [2.24, 2.45) is 10.2 Å². The van der Waals surface area contributed by atoms with Crippen molar-refractivity contribution in [2.45, 2.75) is 25.8 Å². The van der Waals surface area contributed by atoms with E-state index < -0.39 is 4.99 Å². The highest BCUT2D eigenvalue weighted by Crippen LogP contribution is 2.48.